The van der Waals surface area contributed by atoms with Gasteiger partial charge in [0, 0.05) is 25.7 Å². The van der Waals surface area contributed by atoms with E-state index in [1.807, 2.05) is 0 Å². The molecule has 1 saturated carbocycles. The monoisotopic (exact) mass is 253 g/mol. The Bertz CT molecular complexity index is 278. The largest absolute Gasteiger partial charge is 0.355 e. The quantitative estimate of drug-likeness (QED) is 0.741. The first-order chi connectivity index (χ1) is 8.70. The van der Waals surface area contributed by atoms with Gasteiger partial charge in [0.25, 0.3) is 0 Å². The van der Waals surface area contributed by atoms with Gasteiger partial charge in [-0.05, 0) is 38.6 Å². The lowest BCUT2D eigenvalue weighted by molar-refractivity contribution is -0.126. The molecule has 2 aliphatic rings. The Balaban J connectivity index is 1.77. The number of carbonyl (C=O) groups excluding carboxylic acids is 1. The number of hydrogen-bond donors (Lipinski definition) is 2. The van der Waals surface area contributed by atoms with Gasteiger partial charge in [-0.2, -0.15) is 0 Å². The van der Waals surface area contributed by atoms with E-state index in [9.17, 15) is 4.79 Å². The van der Waals surface area contributed by atoms with E-state index in [1.165, 1.54) is 19.3 Å². The van der Waals surface area contributed by atoms with Crippen LogP contribution in [0.4, 0.5) is 0 Å². The van der Waals surface area contributed by atoms with E-state index in [2.05, 4.69) is 17.1 Å². The molecule has 2 unspecified atom stereocenters. The van der Waals surface area contributed by atoms with Gasteiger partial charge in [-0.25, -0.2) is 0 Å². The molecule has 0 radical (unpaired) electrons. The van der Waals surface area contributed by atoms with Gasteiger partial charge in [0.05, 0.1) is 5.92 Å². The molecule has 1 aliphatic heterocycles. The van der Waals surface area contributed by atoms with Crippen LogP contribution in [0.2, 0.25) is 0 Å². The summed E-state index contributed by atoms with van der Waals surface area (Å²) >= 11 is 0. The van der Waals surface area contributed by atoms with Gasteiger partial charge in [0.2, 0.25) is 5.91 Å². The Kier molecular flexibility index (Phi) is 5.01. The number of piperidine rings is 1. The van der Waals surface area contributed by atoms with Crippen LogP contribution >= 0.6 is 0 Å². The van der Waals surface area contributed by atoms with E-state index in [4.69, 9.17) is 5.73 Å². The Morgan fingerprint density at radius 3 is 2.89 bits per heavy atom. The predicted octanol–water partition coefficient (Wildman–Crippen LogP) is 0.962. The molecule has 2 rings (SSSR count). The van der Waals surface area contributed by atoms with Crippen LogP contribution in [0.1, 0.15) is 39.0 Å². The van der Waals surface area contributed by atoms with Crippen molar-refractivity contribution in [1.82, 2.24) is 10.2 Å². The summed E-state index contributed by atoms with van der Waals surface area (Å²) in [5.41, 5.74) is 5.42. The second-order valence-corrected chi connectivity index (χ2v) is 5.94. The first-order valence-electron chi connectivity index (χ1n) is 7.42. The molecule has 0 aromatic heterocycles. The van der Waals surface area contributed by atoms with Crippen LogP contribution in [0.5, 0.6) is 0 Å². The minimum Gasteiger partial charge on any atom is -0.355 e. The Hall–Kier alpha value is -0.610. The lowest BCUT2D eigenvalue weighted by atomic mass is 9.95. The van der Waals surface area contributed by atoms with Crippen LogP contribution in [0.25, 0.3) is 0 Å². The van der Waals surface area contributed by atoms with Crippen LogP contribution in [-0.4, -0.2) is 43.0 Å². The van der Waals surface area contributed by atoms with Crippen molar-refractivity contribution in [3.63, 3.8) is 0 Å². The molecule has 1 saturated heterocycles. The van der Waals surface area contributed by atoms with Gasteiger partial charge in [0.15, 0.2) is 0 Å². The van der Waals surface area contributed by atoms with Crippen LogP contribution < -0.4 is 11.1 Å². The second-order valence-electron chi connectivity index (χ2n) is 5.94. The molecule has 1 amide bonds. The van der Waals surface area contributed by atoms with Gasteiger partial charge in [0.1, 0.15) is 0 Å². The number of amides is 1. The summed E-state index contributed by atoms with van der Waals surface area (Å²) < 4.78 is 0. The fourth-order valence-corrected chi connectivity index (χ4v) is 2.95. The van der Waals surface area contributed by atoms with E-state index in [-0.39, 0.29) is 11.8 Å². The topological polar surface area (TPSA) is 58.4 Å². The SMILES string of the molecule is CC(CC1CC1)N1CCCC(C(=O)NCCN)C1. The maximum Gasteiger partial charge on any atom is 0.224 e. The normalized spacial score (nSPS) is 26.9. The molecule has 2 fully saturated rings. The zero-order valence-corrected chi connectivity index (χ0v) is 11.5. The van der Waals surface area contributed by atoms with Gasteiger partial charge >= 0.3 is 0 Å². The molecule has 2 atom stereocenters. The number of nitrogens with zero attached hydrogens (tertiary/aromatic N) is 1. The highest BCUT2D eigenvalue weighted by atomic mass is 16.1. The van der Waals surface area contributed by atoms with Crippen molar-refractivity contribution < 1.29 is 4.79 Å². The Morgan fingerprint density at radius 1 is 1.44 bits per heavy atom. The van der Waals surface area contributed by atoms with Crippen molar-refractivity contribution >= 4 is 5.91 Å². The van der Waals surface area contributed by atoms with Gasteiger partial charge in [-0.3, -0.25) is 9.69 Å². The van der Waals surface area contributed by atoms with Gasteiger partial charge in [-0.1, -0.05) is 12.8 Å². The number of rotatable bonds is 6. The molecule has 0 aromatic rings. The highest BCUT2D eigenvalue weighted by Crippen LogP contribution is 2.35. The summed E-state index contributed by atoms with van der Waals surface area (Å²) in [5, 5.41) is 2.92. The fourth-order valence-electron chi connectivity index (χ4n) is 2.95. The van der Waals surface area contributed by atoms with Crippen LogP contribution in [-0.2, 0) is 4.79 Å². The highest BCUT2D eigenvalue weighted by Gasteiger charge is 2.31. The number of nitrogens with two attached hydrogens (primary N) is 1. The van der Waals surface area contributed by atoms with Crippen molar-refractivity contribution in [3.05, 3.63) is 0 Å². The highest BCUT2D eigenvalue weighted by molar-refractivity contribution is 5.78. The van der Waals surface area contributed by atoms with E-state index in [0.29, 0.717) is 19.1 Å². The van der Waals surface area contributed by atoms with Crippen molar-refractivity contribution in [2.45, 2.75) is 45.1 Å². The van der Waals surface area contributed by atoms with E-state index in [1.54, 1.807) is 0 Å². The van der Waals surface area contributed by atoms with Crippen molar-refractivity contribution in [2.24, 2.45) is 17.6 Å². The van der Waals surface area contributed by atoms with Crippen LogP contribution in [0.3, 0.4) is 0 Å². The molecule has 104 valence electrons. The molecule has 4 heteroatoms. The Morgan fingerprint density at radius 2 is 2.22 bits per heavy atom. The summed E-state index contributed by atoms with van der Waals surface area (Å²) in [6.45, 7) is 5.55. The number of hydrogen-bond acceptors (Lipinski definition) is 3. The first-order valence-corrected chi connectivity index (χ1v) is 7.42. The lowest BCUT2D eigenvalue weighted by Crippen LogP contribution is -2.47. The zero-order valence-electron chi connectivity index (χ0n) is 11.5. The fraction of sp³-hybridized carbons (Fsp3) is 0.929. The summed E-state index contributed by atoms with van der Waals surface area (Å²) in [6, 6.07) is 0.641. The first kappa shape index (κ1) is 13.8. The third-order valence-electron chi connectivity index (χ3n) is 4.26. The van der Waals surface area contributed by atoms with E-state index in [0.717, 1.165) is 31.8 Å². The lowest BCUT2D eigenvalue weighted by Gasteiger charge is -2.36. The van der Waals surface area contributed by atoms with Gasteiger partial charge in [-0.15, -0.1) is 0 Å². The molecular formula is C14H27N3O. The molecule has 0 bridgehead atoms. The molecule has 1 aliphatic carbocycles. The summed E-state index contributed by atoms with van der Waals surface area (Å²) in [4.78, 5) is 14.5. The molecule has 4 nitrogen and oxygen atoms in total. The standard InChI is InChI=1S/C14H27N3O/c1-11(9-12-4-5-12)17-8-2-3-13(10-17)14(18)16-7-6-15/h11-13H,2-10,15H2,1H3,(H,16,18). The molecule has 0 aromatic carbocycles. The zero-order chi connectivity index (χ0) is 13.0. The minimum atomic E-state index is 0.173. The van der Waals surface area contributed by atoms with Crippen LogP contribution in [0, 0.1) is 11.8 Å². The van der Waals surface area contributed by atoms with Gasteiger partial charge < -0.3 is 11.1 Å². The molecule has 18 heavy (non-hydrogen) atoms. The van der Waals surface area contributed by atoms with E-state index >= 15 is 0 Å². The molecular weight excluding hydrogens is 226 g/mol. The summed E-state index contributed by atoms with van der Waals surface area (Å²) in [7, 11) is 0. The summed E-state index contributed by atoms with van der Waals surface area (Å²) in [5.74, 6) is 1.34. The van der Waals surface area contributed by atoms with Crippen molar-refractivity contribution in [2.75, 3.05) is 26.2 Å². The smallest absolute Gasteiger partial charge is 0.224 e. The second kappa shape index (κ2) is 6.53. The Labute approximate surface area is 110 Å². The number of nitrogens with one attached hydrogen (secondary N) is 1. The average Bonchev–Trinajstić information content (AvgIpc) is 3.20. The molecule has 1 heterocycles. The van der Waals surface area contributed by atoms with Crippen molar-refractivity contribution in [1.29, 1.82) is 0 Å². The summed E-state index contributed by atoms with van der Waals surface area (Å²) in [6.07, 6.45) is 6.33. The maximum absolute atomic E-state index is 12.0. The van der Waals surface area contributed by atoms with Crippen molar-refractivity contribution in [3.8, 4) is 0 Å². The third-order valence-corrected chi connectivity index (χ3v) is 4.26. The van der Waals surface area contributed by atoms with Crippen LogP contribution in [0.15, 0.2) is 0 Å². The maximum atomic E-state index is 12.0. The molecule has 0 spiro atoms. The minimum absolute atomic E-state index is 0.173. The number of likely N-dealkylation sites (tertiary alicyclic amines) is 1. The predicted molar refractivity (Wildman–Crippen MR) is 73.2 cm³/mol. The van der Waals surface area contributed by atoms with E-state index < -0.39 is 0 Å². The number of carbonyl (C=O) groups is 1. The molecule has 3 N–H and O–H groups in total. The average molecular weight is 253 g/mol. The third kappa shape index (κ3) is 3.95.